The fourth-order valence-corrected chi connectivity index (χ4v) is 1.63. The summed E-state index contributed by atoms with van der Waals surface area (Å²) in [6.45, 7) is 8.47. The van der Waals surface area contributed by atoms with Crippen LogP contribution >= 0.6 is 0 Å². The average Bonchev–Trinajstić information content (AvgIpc) is 2.61. The minimum atomic E-state index is 0.349. The van der Waals surface area contributed by atoms with E-state index in [1.54, 1.807) is 0 Å². The van der Waals surface area contributed by atoms with Crippen LogP contribution in [0.5, 0.6) is 0 Å². The number of hydrogen-bond donors (Lipinski definition) is 0. The minimum absolute atomic E-state index is 0.349. The summed E-state index contributed by atoms with van der Waals surface area (Å²) in [5.41, 5.74) is 1.93. The first kappa shape index (κ1) is 11.7. The van der Waals surface area contributed by atoms with E-state index in [0.29, 0.717) is 18.4 Å². The zero-order valence-electron chi connectivity index (χ0n) is 9.86. The Morgan fingerprint density at radius 1 is 1.40 bits per heavy atom. The Hall–Kier alpha value is -1.37. The monoisotopic (exact) mass is 206 g/mol. The molecule has 0 aliphatic rings. The molecule has 0 spiro atoms. The Kier molecular flexibility index (Phi) is 3.84. The van der Waals surface area contributed by atoms with Crippen molar-refractivity contribution < 1.29 is 0 Å². The molecule has 15 heavy (non-hydrogen) atoms. The average molecular weight is 206 g/mol. The second-order valence-corrected chi connectivity index (χ2v) is 4.11. The molecule has 82 valence electrons. The molecule has 0 aromatic carbocycles. The summed E-state index contributed by atoms with van der Waals surface area (Å²) in [6, 6.07) is 2.48. The molecular weight excluding hydrogens is 188 g/mol. The van der Waals surface area contributed by atoms with Crippen molar-refractivity contribution in [3.63, 3.8) is 0 Å². The summed E-state index contributed by atoms with van der Waals surface area (Å²) in [5.74, 6) is 0.359. The van der Waals surface area contributed by atoms with Gasteiger partial charge in [-0.1, -0.05) is 26.0 Å². The maximum Gasteiger partial charge on any atom is 0.100 e. The number of nitrogens with zero attached hydrogens (tertiary/aromatic N) is 4. The van der Waals surface area contributed by atoms with Crippen LogP contribution in [0.4, 0.5) is 0 Å². The van der Waals surface area contributed by atoms with Crippen molar-refractivity contribution in [3.05, 3.63) is 11.4 Å². The van der Waals surface area contributed by atoms with Crippen LogP contribution < -0.4 is 0 Å². The molecular formula is C11H18N4. The van der Waals surface area contributed by atoms with Crippen LogP contribution in [0.15, 0.2) is 0 Å². The number of hydrogen-bond acceptors (Lipinski definition) is 3. The molecule has 0 aliphatic heterocycles. The Morgan fingerprint density at radius 3 is 2.53 bits per heavy atom. The summed E-state index contributed by atoms with van der Waals surface area (Å²) in [5, 5.41) is 16.9. The summed E-state index contributed by atoms with van der Waals surface area (Å²) >= 11 is 0. The topological polar surface area (TPSA) is 54.5 Å². The number of nitriles is 1. The quantitative estimate of drug-likeness (QED) is 0.760. The molecule has 0 bridgehead atoms. The third-order valence-electron chi connectivity index (χ3n) is 2.61. The molecule has 0 aliphatic carbocycles. The molecule has 0 saturated carbocycles. The second-order valence-electron chi connectivity index (χ2n) is 4.11. The highest BCUT2D eigenvalue weighted by Gasteiger charge is 2.18. The van der Waals surface area contributed by atoms with E-state index in [1.807, 2.05) is 4.68 Å². The maximum atomic E-state index is 8.70. The third-order valence-corrected chi connectivity index (χ3v) is 2.61. The summed E-state index contributed by atoms with van der Waals surface area (Å²) in [4.78, 5) is 0. The normalized spacial score (nSPS) is 12.8. The van der Waals surface area contributed by atoms with Gasteiger partial charge in [-0.25, -0.2) is 4.68 Å². The van der Waals surface area contributed by atoms with Gasteiger partial charge in [0.1, 0.15) is 5.69 Å². The van der Waals surface area contributed by atoms with Gasteiger partial charge in [0.15, 0.2) is 0 Å². The first-order chi connectivity index (χ1) is 7.11. The van der Waals surface area contributed by atoms with Crippen molar-refractivity contribution in [2.45, 2.75) is 52.5 Å². The van der Waals surface area contributed by atoms with Gasteiger partial charge in [0.05, 0.1) is 24.2 Å². The van der Waals surface area contributed by atoms with Gasteiger partial charge in [-0.3, -0.25) is 0 Å². The molecule has 4 nitrogen and oxygen atoms in total. The predicted molar refractivity (Wildman–Crippen MR) is 58.4 cm³/mol. The van der Waals surface area contributed by atoms with Crippen molar-refractivity contribution in [1.82, 2.24) is 15.0 Å². The minimum Gasteiger partial charge on any atom is -0.246 e. The van der Waals surface area contributed by atoms with Gasteiger partial charge >= 0.3 is 0 Å². The number of rotatable bonds is 4. The van der Waals surface area contributed by atoms with Crippen molar-refractivity contribution in [2.75, 3.05) is 0 Å². The molecule has 1 heterocycles. The van der Waals surface area contributed by atoms with E-state index in [0.717, 1.165) is 17.8 Å². The van der Waals surface area contributed by atoms with Crippen LogP contribution in [0, 0.1) is 11.3 Å². The van der Waals surface area contributed by atoms with Crippen molar-refractivity contribution in [2.24, 2.45) is 0 Å². The third kappa shape index (κ3) is 2.35. The van der Waals surface area contributed by atoms with Crippen molar-refractivity contribution >= 4 is 0 Å². The largest absolute Gasteiger partial charge is 0.246 e. The van der Waals surface area contributed by atoms with E-state index in [-0.39, 0.29) is 0 Å². The van der Waals surface area contributed by atoms with E-state index in [2.05, 4.69) is 44.1 Å². The molecule has 0 amide bonds. The molecule has 1 atom stereocenters. The Bertz CT molecular complexity index is 359. The smallest absolute Gasteiger partial charge is 0.100 e. The predicted octanol–water partition coefficient (Wildman–Crippen LogP) is 2.44. The van der Waals surface area contributed by atoms with Crippen LogP contribution in [-0.4, -0.2) is 15.0 Å². The van der Waals surface area contributed by atoms with Gasteiger partial charge in [-0.05, 0) is 19.3 Å². The Labute approximate surface area is 90.9 Å². The van der Waals surface area contributed by atoms with Crippen LogP contribution in [0.1, 0.15) is 57.5 Å². The Balaban J connectivity index is 3.13. The van der Waals surface area contributed by atoms with Crippen LogP contribution in [0.3, 0.4) is 0 Å². The van der Waals surface area contributed by atoms with E-state index in [1.165, 1.54) is 0 Å². The van der Waals surface area contributed by atoms with Crippen molar-refractivity contribution in [3.8, 4) is 6.07 Å². The van der Waals surface area contributed by atoms with Crippen molar-refractivity contribution in [1.29, 1.82) is 5.26 Å². The molecule has 0 radical (unpaired) electrons. The fraction of sp³-hybridized carbons (Fsp3) is 0.727. The molecule has 0 saturated heterocycles. The molecule has 1 aromatic rings. The van der Waals surface area contributed by atoms with Gasteiger partial charge in [-0.15, -0.1) is 5.10 Å². The molecule has 1 rings (SSSR count). The Morgan fingerprint density at radius 2 is 2.07 bits per heavy atom. The second kappa shape index (κ2) is 4.92. The maximum absolute atomic E-state index is 8.70. The van der Waals surface area contributed by atoms with E-state index in [9.17, 15) is 0 Å². The zero-order chi connectivity index (χ0) is 11.4. The molecule has 0 N–H and O–H groups in total. The van der Waals surface area contributed by atoms with Gasteiger partial charge in [0.2, 0.25) is 0 Å². The lowest BCUT2D eigenvalue weighted by atomic mass is 10.1. The molecule has 1 unspecified atom stereocenters. The van der Waals surface area contributed by atoms with Gasteiger partial charge in [0, 0.05) is 0 Å². The molecule has 4 heteroatoms. The molecule has 1 aromatic heterocycles. The standard InChI is InChI=1S/C11H18N4/c1-5-9(4)15-11(8(2)3)10(6-7-12)13-14-15/h8-9H,5-6H2,1-4H3. The van der Waals surface area contributed by atoms with Crippen LogP contribution in [-0.2, 0) is 6.42 Å². The lowest BCUT2D eigenvalue weighted by Gasteiger charge is -2.15. The van der Waals surface area contributed by atoms with Gasteiger partial charge < -0.3 is 0 Å². The lowest BCUT2D eigenvalue weighted by molar-refractivity contribution is 0.441. The lowest BCUT2D eigenvalue weighted by Crippen LogP contribution is -2.11. The van der Waals surface area contributed by atoms with Crippen LogP contribution in [0.25, 0.3) is 0 Å². The highest BCUT2D eigenvalue weighted by Crippen LogP contribution is 2.22. The SMILES string of the molecule is CCC(C)n1nnc(CC#N)c1C(C)C. The van der Waals surface area contributed by atoms with E-state index < -0.39 is 0 Å². The van der Waals surface area contributed by atoms with E-state index in [4.69, 9.17) is 5.26 Å². The number of aromatic nitrogens is 3. The van der Waals surface area contributed by atoms with E-state index >= 15 is 0 Å². The summed E-state index contributed by atoms with van der Waals surface area (Å²) in [7, 11) is 0. The first-order valence-corrected chi connectivity index (χ1v) is 5.42. The first-order valence-electron chi connectivity index (χ1n) is 5.42. The summed E-state index contributed by atoms with van der Waals surface area (Å²) in [6.07, 6.45) is 1.37. The highest BCUT2D eigenvalue weighted by molar-refractivity contribution is 5.18. The van der Waals surface area contributed by atoms with Gasteiger partial charge in [-0.2, -0.15) is 5.26 Å². The van der Waals surface area contributed by atoms with Crippen LogP contribution in [0.2, 0.25) is 0 Å². The molecule has 0 fully saturated rings. The van der Waals surface area contributed by atoms with Gasteiger partial charge in [0.25, 0.3) is 0 Å². The fourth-order valence-electron chi connectivity index (χ4n) is 1.63. The highest BCUT2D eigenvalue weighted by atomic mass is 15.4. The summed E-state index contributed by atoms with van der Waals surface area (Å²) < 4.78 is 1.96. The zero-order valence-corrected chi connectivity index (χ0v) is 9.86.